The highest BCUT2D eigenvalue weighted by Crippen LogP contribution is 2.27. The van der Waals surface area contributed by atoms with Crippen molar-refractivity contribution in [3.05, 3.63) is 11.9 Å². The highest BCUT2D eigenvalue weighted by Gasteiger charge is 2.37. The van der Waals surface area contributed by atoms with Crippen LogP contribution >= 0.6 is 0 Å². The lowest BCUT2D eigenvalue weighted by Crippen LogP contribution is -2.39. The number of carbonyl (C=O) groups is 1. The van der Waals surface area contributed by atoms with Crippen LogP contribution < -0.4 is 10.1 Å². The molecule has 112 valence electrons. The molecule has 1 fully saturated rings. The Balaban J connectivity index is 2.30. The number of nitrogens with one attached hydrogen (secondary N) is 1. The van der Waals surface area contributed by atoms with Crippen molar-refractivity contribution >= 4 is 5.78 Å². The number of carbonyl (C=O) groups excluding carboxylic acids is 1. The van der Waals surface area contributed by atoms with Gasteiger partial charge in [-0.3, -0.25) is 9.48 Å². The van der Waals surface area contributed by atoms with Gasteiger partial charge in [0.1, 0.15) is 5.69 Å². The molecule has 6 nitrogen and oxygen atoms in total. The van der Waals surface area contributed by atoms with Crippen molar-refractivity contribution in [3.8, 4) is 5.75 Å². The van der Waals surface area contributed by atoms with Gasteiger partial charge in [0.25, 0.3) is 0 Å². The fourth-order valence-corrected chi connectivity index (χ4v) is 2.57. The maximum atomic E-state index is 12.8. The summed E-state index contributed by atoms with van der Waals surface area (Å²) >= 11 is 0. The van der Waals surface area contributed by atoms with Crippen LogP contribution in [0.5, 0.6) is 5.75 Å². The molecule has 1 aromatic rings. The maximum absolute atomic E-state index is 12.8. The van der Waals surface area contributed by atoms with E-state index in [0.29, 0.717) is 24.7 Å². The number of ketones is 1. The predicted molar refractivity (Wildman–Crippen MR) is 75.3 cm³/mol. The van der Waals surface area contributed by atoms with Gasteiger partial charge in [0.2, 0.25) is 0 Å². The first kappa shape index (κ1) is 15.0. The summed E-state index contributed by atoms with van der Waals surface area (Å²) < 4.78 is 12.5. The van der Waals surface area contributed by atoms with Crippen LogP contribution in [0.2, 0.25) is 0 Å². The second kappa shape index (κ2) is 6.37. The van der Waals surface area contributed by atoms with Gasteiger partial charge in [0, 0.05) is 12.1 Å². The molecule has 20 heavy (non-hydrogen) atoms. The fraction of sp³-hybridized carbons (Fsp3) is 0.714. The average molecular weight is 281 g/mol. The molecule has 1 N–H and O–H groups in total. The third kappa shape index (κ3) is 2.71. The third-order valence-electron chi connectivity index (χ3n) is 3.59. The summed E-state index contributed by atoms with van der Waals surface area (Å²) in [6, 6.07) is 0.172. The second-order valence-electron chi connectivity index (χ2n) is 5.27. The SMILES string of the molecule is CCNC1COCC1C(=O)c1c(OC)cnn1C(C)C. The van der Waals surface area contributed by atoms with E-state index in [-0.39, 0.29) is 23.8 Å². The van der Waals surface area contributed by atoms with Crippen LogP contribution in [-0.4, -0.2) is 48.5 Å². The van der Waals surface area contributed by atoms with Crippen LogP contribution in [0.15, 0.2) is 6.20 Å². The molecule has 0 aromatic carbocycles. The standard InChI is InChI=1S/C14H23N3O3/c1-5-15-11-8-20-7-10(11)14(18)13-12(19-4)6-16-17(13)9(2)3/h6,9-11,15H,5,7-8H2,1-4H3. The Bertz CT molecular complexity index is 470. The maximum Gasteiger partial charge on any atom is 0.191 e. The molecule has 2 unspecified atom stereocenters. The number of methoxy groups -OCH3 is 1. The van der Waals surface area contributed by atoms with E-state index in [4.69, 9.17) is 9.47 Å². The number of hydrogen-bond donors (Lipinski definition) is 1. The molecule has 0 spiro atoms. The summed E-state index contributed by atoms with van der Waals surface area (Å²) in [6.07, 6.45) is 1.60. The number of rotatable bonds is 6. The van der Waals surface area contributed by atoms with Crippen molar-refractivity contribution in [2.75, 3.05) is 26.9 Å². The van der Waals surface area contributed by atoms with E-state index in [2.05, 4.69) is 10.4 Å². The Morgan fingerprint density at radius 2 is 2.35 bits per heavy atom. The highest BCUT2D eigenvalue weighted by atomic mass is 16.5. The monoisotopic (exact) mass is 281 g/mol. The van der Waals surface area contributed by atoms with Crippen LogP contribution in [0.25, 0.3) is 0 Å². The second-order valence-corrected chi connectivity index (χ2v) is 5.27. The van der Waals surface area contributed by atoms with Crippen LogP contribution in [0.3, 0.4) is 0 Å². The molecule has 2 heterocycles. The molecular formula is C14H23N3O3. The molecule has 0 amide bonds. The van der Waals surface area contributed by atoms with Crippen molar-refractivity contribution in [3.63, 3.8) is 0 Å². The Hall–Kier alpha value is -1.40. The van der Waals surface area contributed by atoms with Gasteiger partial charge in [-0.15, -0.1) is 0 Å². The Morgan fingerprint density at radius 3 is 2.95 bits per heavy atom. The lowest BCUT2D eigenvalue weighted by Gasteiger charge is -2.19. The fourth-order valence-electron chi connectivity index (χ4n) is 2.57. The minimum absolute atomic E-state index is 0.0384. The predicted octanol–water partition coefficient (Wildman–Crippen LogP) is 1.28. The van der Waals surface area contributed by atoms with E-state index >= 15 is 0 Å². The molecule has 2 rings (SSSR count). The van der Waals surface area contributed by atoms with Crippen molar-refractivity contribution in [2.45, 2.75) is 32.9 Å². The molecule has 0 aliphatic carbocycles. The average Bonchev–Trinajstić information content (AvgIpc) is 3.04. The quantitative estimate of drug-likeness (QED) is 0.796. The van der Waals surface area contributed by atoms with Gasteiger partial charge in [0.15, 0.2) is 11.5 Å². The minimum atomic E-state index is -0.182. The van der Waals surface area contributed by atoms with Crippen molar-refractivity contribution in [2.24, 2.45) is 5.92 Å². The van der Waals surface area contributed by atoms with Crippen molar-refractivity contribution in [1.29, 1.82) is 0 Å². The number of ether oxygens (including phenoxy) is 2. The van der Waals surface area contributed by atoms with Gasteiger partial charge < -0.3 is 14.8 Å². The number of hydrogen-bond acceptors (Lipinski definition) is 5. The van der Waals surface area contributed by atoms with Crippen molar-refractivity contribution < 1.29 is 14.3 Å². The number of Topliss-reactive ketones (excluding diaryl/α,β-unsaturated/α-hetero) is 1. The first-order chi connectivity index (χ1) is 9.60. The minimum Gasteiger partial charge on any atom is -0.493 e. The largest absolute Gasteiger partial charge is 0.493 e. The molecule has 1 saturated heterocycles. The van der Waals surface area contributed by atoms with Gasteiger partial charge in [-0.25, -0.2) is 0 Å². The van der Waals surface area contributed by atoms with Gasteiger partial charge in [-0.2, -0.15) is 5.10 Å². The van der Waals surface area contributed by atoms with Crippen LogP contribution in [0.4, 0.5) is 0 Å². The molecule has 0 saturated carbocycles. The van der Waals surface area contributed by atoms with E-state index in [1.807, 2.05) is 20.8 Å². The summed E-state index contributed by atoms with van der Waals surface area (Å²) in [6.45, 7) is 7.86. The number of nitrogens with zero attached hydrogens (tertiary/aromatic N) is 2. The van der Waals surface area contributed by atoms with E-state index in [0.717, 1.165) is 6.54 Å². The number of likely N-dealkylation sites (N-methyl/N-ethyl adjacent to an activating group) is 1. The molecule has 0 bridgehead atoms. The summed E-state index contributed by atoms with van der Waals surface area (Å²) in [5.74, 6) is 0.389. The third-order valence-corrected chi connectivity index (χ3v) is 3.59. The zero-order valence-electron chi connectivity index (χ0n) is 12.5. The Morgan fingerprint density at radius 1 is 1.60 bits per heavy atom. The van der Waals surface area contributed by atoms with E-state index in [1.165, 1.54) is 0 Å². The summed E-state index contributed by atoms with van der Waals surface area (Å²) in [7, 11) is 1.56. The number of aromatic nitrogens is 2. The highest BCUT2D eigenvalue weighted by molar-refractivity contribution is 5.99. The van der Waals surface area contributed by atoms with Gasteiger partial charge in [0.05, 0.1) is 32.4 Å². The zero-order valence-corrected chi connectivity index (χ0v) is 12.5. The first-order valence-electron chi connectivity index (χ1n) is 7.07. The molecule has 2 atom stereocenters. The Labute approximate surface area is 119 Å². The first-order valence-corrected chi connectivity index (χ1v) is 7.07. The van der Waals surface area contributed by atoms with Crippen molar-refractivity contribution in [1.82, 2.24) is 15.1 Å². The molecule has 1 aliphatic rings. The van der Waals surface area contributed by atoms with Crippen LogP contribution in [0, 0.1) is 5.92 Å². The van der Waals surface area contributed by atoms with Gasteiger partial charge in [-0.1, -0.05) is 6.92 Å². The molecule has 1 aromatic heterocycles. The van der Waals surface area contributed by atoms with E-state index in [9.17, 15) is 4.79 Å². The van der Waals surface area contributed by atoms with Gasteiger partial charge in [-0.05, 0) is 20.4 Å². The lowest BCUT2D eigenvalue weighted by atomic mass is 9.95. The summed E-state index contributed by atoms with van der Waals surface area (Å²) in [5.41, 5.74) is 0.543. The molecular weight excluding hydrogens is 258 g/mol. The van der Waals surface area contributed by atoms with Crippen LogP contribution in [-0.2, 0) is 4.74 Å². The van der Waals surface area contributed by atoms with E-state index < -0.39 is 0 Å². The Kier molecular flexibility index (Phi) is 4.77. The molecule has 6 heteroatoms. The van der Waals surface area contributed by atoms with Crippen LogP contribution in [0.1, 0.15) is 37.3 Å². The summed E-state index contributed by atoms with van der Waals surface area (Å²) in [5, 5.41) is 7.57. The van der Waals surface area contributed by atoms with E-state index in [1.54, 1.807) is 18.0 Å². The normalized spacial score (nSPS) is 22.4. The molecule has 0 radical (unpaired) electrons. The van der Waals surface area contributed by atoms with Gasteiger partial charge >= 0.3 is 0 Å². The smallest absolute Gasteiger partial charge is 0.191 e. The molecule has 1 aliphatic heterocycles. The zero-order chi connectivity index (χ0) is 14.7. The lowest BCUT2D eigenvalue weighted by molar-refractivity contribution is 0.0875. The topological polar surface area (TPSA) is 65.4 Å². The summed E-state index contributed by atoms with van der Waals surface area (Å²) in [4.78, 5) is 12.8.